The summed E-state index contributed by atoms with van der Waals surface area (Å²) < 4.78 is 33.3. The molecule has 0 aliphatic carbocycles. The molecule has 1 aromatic rings. The molecule has 0 N–H and O–H groups in total. The number of piperidine rings is 1. The zero-order chi connectivity index (χ0) is 18.0. The second-order valence-corrected chi connectivity index (χ2v) is 10.3. The predicted octanol–water partition coefficient (Wildman–Crippen LogP) is 2.48. The molecule has 0 aromatic heterocycles. The molecular formula is C20H30N2O3S. The molecule has 6 heteroatoms. The molecule has 5 nitrogen and oxygen atoms in total. The monoisotopic (exact) mass is 378 g/mol. The lowest BCUT2D eigenvalue weighted by Gasteiger charge is -2.37. The molecule has 3 saturated heterocycles. The smallest absolute Gasteiger partial charge is 0.218 e. The highest BCUT2D eigenvalue weighted by molar-refractivity contribution is 7.88. The molecule has 1 atom stereocenters. The summed E-state index contributed by atoms with van der Waals surface area (Å²) in [5, 5.41) is 0. The average Bonchev–Trinajstić information content (AvgIpc) is 3.27. The molecule has 0 bridgehead atoms. The van der Waals surface area contributed by atoms with E-state index in [0.29, 0.717) is 19.2 Å². The Morgan fingerprint density at radius 3 is 2.42 bits per heavy atom. The second-order valence-electron chi connectivity index (χ2n) is 8.29. The first-order valence-electron chi connectivity index (χ1n) is 9.91. The van der Waals surface area contributed by atoms with Gasteiger partial charge in [-0.2, -0.15) is 0 Å². The fraction of sp³-hybridized carbons (Fsp3) is 0.700. The van der Waals surface area contributed by atoms with Crippen LogP contribution in [0.4, 0.5) is 0 Å². The van der Waals surface area contributed by atoms with Crippen LogP contribution in [0.15, 0.2) is 30.3 Å². The lowest BCUT2D eigenvalue weighted by Crippen LogP contribution is -2.44. The summed E-state index contributed by atoms with van der Waals surface area (Å²) in [6.07, 6.45) is 5.91. The van der Waals surface area contributed by atoms with Crippen molar-refractivity contribution in [1.29, 1.82) is 0 Å². The van der Waals surface area contributed by atoms with Crippen molar-refractivity contribution >= 4 is 10.0 Å². The fourth-order valence-electron chi connectivity index (χ4n) is 4.73. The van der Waals surface area contributed by atoms with Crippen LogP contribution in [-0.4, -0.2) is 63.1 Å². The maximum Gasteiger partial charge on any atom is 0.218 e. The maximum atomic E-state index is 12.7. The van der Waals surface area contributed by atoms with Crippen molar-refractivity contribution in [3.8, 4) is 0 Å². The van der Waals surface area contributed by atoms with Crippen LogP contribution in [-0.2, 0) is 20.5 Å². The summed E-state index contributed by atoms with van der Waals surface area (Å²) in [6.45, 7) is 5.54. The summed E-state index contributed by atoms with van der Waals surface area (Å²) in [6, 6.07) is 9.48. The Labute approximate surface area is 157 Å². The van der Waals surface area contributed by atoms with Gasteiger partial charge in [0.1, 0.15) is 0 Å². The van der Waals surface area contributed by atoms with Gasteiger partial charge >= 0.3 is 0 Å². The topological polar surface area (TPSA) is 49.9 Å². The molecule has 0 amide bonds. The molecule has 0 saturated carbocycles. The van der Waals surface area contributed by atoms with E-state index in [4.69, 9.17) is 4.74 Å². The Morgan fingerprint density at radius 2 is 1.73 bits per heavy atom. The van der Waals surface area contributed by atoms with Crippen LogP contribution in [0.3, 0.4) is 0 Å². The number of benzene rings is 1. The van der Waals surface area contributed by atoms with Gasteiger partial charge in [-0.3, -0.25) is 0 Å². The van der Waals surface area contributed by atoms with Crippen LogP contribution in [0, 0.1) is 5.41 Å². The van der Waals surface area contributed by atoms with Gasteiger partial charge in [0.05, 0.1) is 18.5 Å². The van der Waals surface area contributed by atoms with E-state index in [-0.39, 0.29) is 11.2 Å². The molecule has 3 aliphatic heterocycles. The van der Waals surface area contributed by atoms with Crippen molar-refractivity contribution in [3.63, 3.8) is 0 Å². The van der Waals surface area contributed by atoms with Gasteiger partial charge in [0.2, 0.25) is 10.0 Å². The third-order valence-electron chi connectivity index (χ3n) is 6.31. The minimum absolute atomic E-state index is 0.106. The first kappa shape index (κ1) is 18.4. The third-order valence-corrected chi connectivity index (χ3v) is 8.16. The quantitative estimate of drug-likeness (QED) is 0.790. The number of sulfonamides is 1. The van der Waals surface area contributed by atoms with E-state index in [9.17, 15) is 8.42 Å². The van der Waals surface area contributed by atoms with Gasteiger partial charge < -0.3 is 9.64 Å². The predicted molar refractivity (Wildman–Crippen MR) is 102 cm³/mol. The first-order chi connectivity index (χ1) is 12.5. The van der Waals surface area contributed by atoms with Crippen LogP contribution < -0.4 is 0 Å². The molecule has 26 heavy (non-hydrogen) atoms. The summed E-state index contributed by atoms with van der Waals surface area (Å²) >= 11 is 0. The normalized spacial score (nSPS) is 27.3. The highest BCUT2D eigenvalue weighted by Crippen LogP contribution is 2.42. The van der Waals surface area contributed by atoms with Crippen molar-refractivity contribution in [3.05, 3.63) is 35.9 Å². The molecule has 1 spiro atoms. The second kappa shape index (κ2) is 7.58. The SMILES string of the molecule is O=S(=O)(Cc1ccccc1)N1CCC2(CC1)CO[C@@H](CN1CCCC1)C2. The average molecular weight is 379 g/mol. The zero-order valence-electron chi connectivity index (χ0n) is 15.5. The van der Waals surface area contributed by atoms with Crippen LogP contribution in [0.25, 0.3) is 0 Å². The lowest BCUT2D eigenvalue weighted by molar-refractivity contribution is 0.0627. The van der Waals surface area contributed by atoms with Crippen molar-refractivity contribution in [2.45, 2.75) is 44.0 Å². The van der Waals surface area contributed by atoms with Gasteiger partial charge in [-0.15, -0.1) is 0 Å². The van der Waals surface area contributed by atoms with Gasteiger partial charge in [-0.1, -0.05) is 30.3 Å². The highest BCUT2D eigenvalue weighted by Gasteiger charge is 2.44. The molecule has 3 aliphatic rings. The molecule has 144 valence electrons. The van der Waals surface area contributed by atoms with Gasteiger partial charge in [0, 0.05) is 19.6 Å². The molecule has 3 heterocycles. The van der Waals surface area contributed by atoms with Crippen molar-refractivity contribution in [2.24, 2.45) is 5.41 Å². The third kappa shape index (κ3) is 4.14. The van der Waals surface area contributed by atoms with Crippen molar-refractivity contribution in [1.82, 2.24) is 9.21 Å². The van der Waals surface area contributed by atoms with Crippen LogP contribution in [0.1, 0.15) is 37.7 Å². The lowest BCUT2D eigenvalue weighted by atomic mass is 9.77. The zero-order valence-corrected chi connectivity index (χ0v) is 16.3. The van der Waals surface area contributed by atoms with Gasteiger partial charge in [0.25, 0.3) is 0 Å². The van der Waals surface area contributed by atoms with E-state index >= 15 is 0 Å². The minimum Gasteiger partial charge on any atom is -0.376 e. The van der Waals surface area contributed by atoms with Crippen LogP contribution >= 0.6 is 0 Å². The molecule has 3 fully saturated rings. The summed E-state index contributed by atoms with van der Waals surface area (Å²) in [7, 11) is -3.23. The minimum atomic E-state index is -3.23. The number of hydrogen-bond acceptors (Lipinski definition) is 4. The first-order valence-corrected chi connectivity index (χ1v) is 11.5. The number of nitrogens with zero attached hydrogens (tertiary/aromatic N) is 2. The molecule has 4 rings (SSSR count). The summed E-state index contributed by atoms with van der Waals surface area (Å²) in [5.41, 5.74) is 1.06. The Bertz CT molecular complexity index is 693. The number of ether oxygens (including phenoxy) is 1. The summed E-state index contributed by atoms with van der Waals surface area (Å²) in [5.74, 6) is 0.106. The Balaban J connectivity index is 1.31. The van der Waals surface area contributed by atoms with Crippen LogP contribution in [0.2, 0.25) is 0 Å². The van der Waals surface area contributed by atoms with Gasteiger partial charge in [-0.05, 0) is 56.2 Å². The fourth-order valence-corrected chi connectivity index (χ4v) is 6.26. The number of hydrogen-bond donors (Lipinski definition) is 0. The number of likely N-dealkylation sites (tertiary alicyclic amines) is 1. The highest BCUT2D eigenvalue weighted by atomic mass is 32.2. The van der Waals surface area contributed by atoms with E-state index in [1.165, 1.54) is 25.9 Å². The van der Waals surface area contributed by atoms with Gasteiger partial charge in [0.15, 0.2) is 0 Å². The van der Waals surface area contributed by atoms with Crippen molar-refractivity contribution < 1.29 is 13.2 Å². The summed E-state index contributed by atoms with van der Waals surface area (Å²) in [4.78, 5) is 2.52. The Hall–Kier alpha value is -0.950. The molecule has 0 unspecified atom stereocenters. The van der Waals surface area contributed by atoms with E-state index in [2.05, 4.69) is 4.90 Å². The molecular weight excluding hydrogens is 348 g/mol. The van der Waals surface area contributed by atoms with E-state index in [0.717, 1.165) is 38.0 Å². The largest absolute Gasteiger partial charge is 0.376 e. The maximum absolute atomic E-state index is 12.7. The Kier molecular flexibility index (Phi) is 5.37. The molecule has 0 radical (unpaired) electrons. The van der Waals surface area contributed by atoms with Crippen molar-refractivity contribution in [2.75, 3.05) is 39.3 Å². The van der Waals surface area contributed by atoms with Gasteiger partial charge in [-0.25, -0.2) is 12.7 Å². The van der Waals surface area contributed by atoms with Crippen LogP contribution in [0.5, 0.6) is 0 Å². The standard InChI is InChI=1S/C20H30N2O3S/c23-26(24,16-18-6-2-1-3-7-18)22-12-8-20(9-13-22)14-19(25-17-20)15-21-10-4-5-11-21/h1-3,6-7,19H,4-5,8-17H2/t19-/m1/s1. The molecule has 1 aromatic carbocycles. The Morgan fingerprint density at radius 1 is 1.04 bits per heavy atom. The van der Waals surface area contributed by atoms with E-state index in [1.807, 2.05) is 30.3 Å². The van der Waals surface area contributed by atoms with E-state index < -0.39 is 10.0 Å². The number of rotatable bonds is 5. The van der Waals surface area contributed by atoms with E-state index in [1.54, 1.807) is 4.31 Å².